The van der Waals surface area contributed by atoms with Crippen molar-refractivity contribution in [1.29, 1.82) is 0 Å². The van der Waals surface area contributed by atoms with E-state index in [1.807, 2.05) is 29.6 Å². The number of amides is 1. The summed E-state index contributed by atoms with van der Waals surface area (Å²) in [5, 5.41) is 4.92. The molecule has 1 atom stereocenters. The Hall–Kier alpha value is -2.45. The van der Waals surface area contributed by atoms with Crippen LogP contribution < -0.4 is 10.1 Å². The van der Waals surface area contributed by atoms with Crippen LogP contribution >= 0.6 is 11.3 Å². The molecule has 1 amide bonds. The van der Waals surface area contributed by atoms with Crippen LogP contribution in [0.15, 0.2) is 29.6 Å². The molecule has 1 aromatic carbocycles. The molecule has 0 bridgehead atoms. The number of hydrogen-bond donors (Lipinski definition) is 1. The lowest BCUT2D eigenvalue weighted by Crippen LogP contribution is -2.27. The van der Waals surface area contributed by atoms with Gasteiger partial charge in [-0.3, -0.25) is 10.1 Å². The quantitative estimate of drug-likeness (QED) is 0.795. The molecule has 1 unspecified atom stereocenters. The first kappa shape index (κ1) is 17.4. The lowest BCUT2D eigenvalue weighted by atomic mass is 10.2. The van der Waals surface area contributed by atoms with E-state index in [9.17, 15) is 9.59 Å². The molecule has 7 nitrogen and oxygen atoms in total. The van der Waals surface area contributed by atoms with Crippen molar-refractivity contribution >= 4 is 28.3 Å². The van der Waals surface area contributed by atoms with E-state index in [1.165, 1.54) is 11.3 Å². The van der Waals surface area contributed by atoms with Crippen molar-refractivity contribution in [1.82, 2.24) is 4.98 Å². The SMILES string of the molecule is COc1ccc(-c2csc(NC(=O)COC(=O)C3CCCO3)n2)cc1. The lowest BCUT2D eigenvalue weighted by Gasteiger charge is -2.08. The number of ether oxygens (including phenoxy) is 3. The van der Waals surface area contributed by atoms with Crippen LogP contribution in [0.1, 0.15) is 12.8 Å². The first-order chi connectivity index (χ1) is 12.2. The van der Waals surface area contributed by atoms with Gasteiger partial charge < -0.3 is 14.2 Å². The van der Waals surface area contributed by atoms with Crippen LogP contribution in [-0.2, 0) is 19.1 Å². The molecule has 25 heavy (non-hydrogen) atoms. The number of carbonyl (C=O) groups is 2. The standard InChI is InChI=1S/C17H18N2O5S/c1-22-12-6-4-11(5-7-12)13-10-25-17(18-13)19-15(20)9-24-16(21)14-3-2-8-23-14/h4-7,10,14H,2-3,8-9H2,1H3,(H,18,19,20). The van der Waals surface area contributed by atoms with Gasteiger partial charge in [0.15, 0.2) is 17.8 Å². The van der Waals surface area contributed by atoms with Crippen LogP contribution in [0.5, 0.6) is 5.75 Å². The largest absolute Gasteiger partial charge is 0.497 e. The highest BCUT2D eigenvalue weighted by atomic mass is 32.1. The summed E-state index contributed by atoms with van der Waals surface area (Å²) in [5.74, 6) is -0.159. The van der Waals surface area contributed by atoms with E-state index < -0.39 is 18.0 Å². The predicted octanol–water partition coefficient (Wildman–Crippen LogP) is 2.48. The van der Waals surface area contributed by atoms with Gasteiger partial charge in [0.25, 0.3) is 5.91 Å². The molecule has 2 aromatic rings. The Morgan fingerprint density at radius 1 is 1.36 bits per heavy atom. The highest BCUT2D eigenvalue weighted by molar-refractivity contribution is 7.14. The Morgan fingerprint density at radius 2 is 2.16 bits per heavy atom. The molecule has 1 aliphatic heterocycles. The van der Waals surface area contributed by atoms with Gasteiger partial charge in [-0.2, -0.15) is 0 Å². The van der Waals surface area contributed by atoms with E-state index in [4.69, 9.17) is 14.2 Å². The van der Waals surface area contributed by atoms with Crippen LogP contribution in [0.25, 0.3) is 11.3 Å². The number of aromatic nitrogens is 1. The van der Waals surface area contributed by atoms with Gasteiger partial charge in [0.2, 0.25) is 0 Å². The summed E-state index contributed by atoms with van der Waals surface area (Å²) in [6.45, 7) is 0.204. The van der Waals surface area contributed by atoms with Gasteiger partial charge in [-0.1, -0.05) is 0 Å². The predicted molar refractivity (Wildman–Crippen MR) is 92.7 cm³/mol. The first-order valence-corrected chi connectivity index (χ1v) is 8.72. The number of rotatable bonds is 6. The van der Waals surface area contributed by atoms with Gasteiger partial charge in [0.1, 0.15) is 5.75 Å². The smallest absolute Gasteiger partial charge is 0.335 e. The van der Waals surface area contributed by atoms with Crippen molar-refractivity contribution in [3.05, 3.63) is 29.6 Å². The van der Waals surface area contributed by atoms with Crippen molar-refractivity contribution in [2.75, 3.05) is 25.6 Å². The second kappa shape index (κ2) is 8.09. The normalized spacial score (nSPS) is 16.4. The topological polar surface area (TPSA) is 86.8 Å². The molecule has 0 saturated carbocycles. The third-order valence-corrected chi connectivity index (χ3v) is 4.43. The third-order valence-electron chi connectivity index (χ3n) is 3.67. The number of anilines is 1. The number of nitrogens with zero attached hydrogens (tertiary/aromatic N) is 1. The molecule has 3 rings (SSSR count). The highest BCUT2D eigenvalue weighted by Crippen LogP contribution is 2.26. The summed E-state index contributed by atoms with van der Waals surface area (Å²) in [6.07, 6.45) is 0.923. The fourth-order valence-corrected chi connectivity index (χ4v) is 3.11. The van der Waals surface area contributed by atoms with Gasteiger partial charge >= 0.3 is 5.97 Å². The minimum absolute atomic E-state index is 0.351. The Kier molecular flexibility index (Phi) is 5.62. The number of thiazole rings is 1. The zero-order valence-electron chi connectivity index (χ0n) is 13.7. The van der Waals surface area contributed by atoms with Crippen molar-refractivity contribution in [2.24, 2.45) is 0 Å². The van der Waals surface area contributed by atoms with E-state index in [2.05, 4.69) is 10.3 Å². The number of carbonyl (C=O) groups excluding carboxylic acids is 2. The average molecular weight is 362 g/mol. The molecular formula is C17H18N2O5S. The molecule has 1 aromatic heterocycles. The number of benzene rings is 1. The van der Waals surface area contributed by atoms with Crippen LogP contribution in [0.2, 0.25) is 0 Å². The van der Waals surface area contributed by atoms with E-state index in [0.717, 1.165) is 23.4 Å². The average Bonchev–Trinajstić information content (AvgIpc) is 3.32. The minimum atomic E-state index is -0.547. The molecule has 0 spiro atoms. The van der Waals surface area contributed by atoms with E-state index >= 15 is 0 Å². The highest BCUT2D eigenvalue weighted by Gasteiger charge is 2.25. The second-order valence-corrected chi connectivity index (χ2v) is 6.28. The summed E-state index contributed by atoms with van der Waals surface area (Å²) in [6, 6.07) is 7.47. The molecule has 0 aliphatic carbocycles. The summed E-state index contributed by atoms with van der Waals surface area (Å²) < 4.78 is 15.3. The van der Waals surface area contributed by atoms with Gasteiger partial charge in [0.05, 0.1) is 12.8 Å². The third kappa shape index (κ3) is 4.55. The molecule has 8 heteroatoms. The Morgan fingerprint density at radius 3 is 2.84 bits per heavy atom. The summed E-state index contributed by atoms with van der Waals surface area (Å²) in [7, 11) is 1.61. The van der Waals surface area contributed by atoms with Crippen molar-refractivity contribution in [3.63, 3.8) is 0 Å². The molecule has 0 radical (unpaired) electrons. The zero-order chi connectivity index (χ0) is 17.6. The molecule has 1 N–H and O–H groups in total. The van der Waals surface area contributed by atoms with Gasteiger partial charge in [-0.05, 0) is 37.1 Å². The monoisotopic (exact) mass is 362 g/mol. The van der Waals surface area contributed by atoms with Gasteiger partial charge in [-0.25, -0.2) is 9.78 Å². The van der Waals surface area contributed by atoms with Crippen LogP contribution in [0.4, 0.5) is 5.13 Å². The molecule has 132 valence electrons. The van der Waals surface area contributed by atoms with Gasteiger partial charge in [0, 0.05) is 17.6 Å². The van der Waals surface area contributed by atoms with E-state index in [1.54, 1.807) is 7.11 Å². The van der Waals surface area contributed by atoms with Crippen LogP contribution in [0.3, 0.4) is 0 Å². The Labute approximate surface area is 148 Å². The van der Waals surface area contributed by atoms with E-state index in [-0.39, 0.29) is 6.61 Å². The van der Waals surface area contributed by atoms with E-state index in [0.29, 0.717) is 18.2 Å². The summed E-state index contributed by atoms with van der Waals surface area (Å²) in [5.41, 5.74) is 1.67. The van der Waals surface area contributed by atoms with Crippen molar-refractivity contribution < 1.29 is 23.8 Å². The summed E-state index contributed by atoms with van der Waals surface area (Å²) >= 11 is 1.30. The Bertz CT molecular complexity index is 738. The number of methoxy groups -OCH3 is 1. The zero-order valence-corrected chi connectivity index (χ0v) is 14.5. The maximum atomic E-state index is 11.9. The van der Waals surface area contributed by atoms with Crippen LogP contribution in [0, 0.1) is 0 Å². The maximum absolute atomic E-state index is 11.9. The number of hydrogen-bond acceptors (Lipinski definition) is 7. The summed E-state index contributed by atoms with van der Waals surface area (Å²) in [4.78, 5) is 27.9. The lowest BCUT2D eigenvalue weighted by molar-refractivity contribution is -0.156. The fourth-order valence-electron chi connectivity index (χ4n) is 2.37. The molecule has 1 fully saturated rings. The molecule has 1 saturated heterocycles. The molecular weight excluding hydrogens is 344 g/mol. The molecule has 1 aliphatic rings. The fraction of sp³-hybridized carbons (Fsp3) is 0.353. The van der Waals surface area contributed by atoms with Crippen molar-refractivity contribution in [3.8, 4) is 17.0 Å². The first-order valence-electron chi connectivity index (χ1n) is 7.84. The minimum Gasteiger partial charge on any atom is -0.497 e. The van der Waals surface area contributed by atoms with Gasteiger partial charge in [-0.15, -0.1) is 11.3 Å². The number of nitrogens with one attached hydrogen (secondary N) is 1. The van der Waals surface area contributed by atoms with Crippen LogP contribution in [-0.4, -0.2) is 43.3 Å². The molecule has 2 heterocycles. The van der Waals surface area contributed by atoms with Crippen molar-refractivity contribution in [2.45, 2.75) is 18.9 Å². The second-order valence-electron chi connectivity index (χ2n) is 5.42. The number of esters is 1. The Balaban J connectivity index is 1.51. The maximum Gasteiger partial charge on any atom is 0.335 e.